The van der Waals surface area contributed by atoms with Crippen LogP contribution in [-0.2, 0) is 31.8 Å². The van der Waals surface area contributed by atoms with Crippen LogP contribution >= 0.6 is 0 Å². The molecule has 1 aliphatic rings. The maximum atomic E-state index is 11.9. The summed E-state index contributed by atoms with van der Waals surface area (Å²) in [5, 5.41) is 14.3. The van der Waals surface area contributed by atoms with Crippen LogP contribution in [0.2, 0.25) is 17.7 Å². The number of alkyl halides is 3. The van der Waals surface area contributed by atoms with Gasteiger partial charge in [0.2, 0.25) is 0 Å². The largest absolute Gasteiger partial charge is 0.542 e. The smallest absolute Gasteiger partial charge is 0.430 e. The first-order valence-electron chi connectivity index (χ1n) is 30.2. The second-order valence-corrected chi connectivity index (χ2v) is 37.1. The van der Waals surface area contributed by atoms with E-state index >= 15 is 0 Å². The van der Waals surface area contributed by atoms with Gasteiger partial charge >= 0.3 is 143 Å². The number of alkyl carbamates (subject to hydrolysis) is 2. The molecule has 1 fully saturated rings. The normalized spacial score (nSPS) is 13.0. The number of allylic oxidation sites excluding steroid dienone is 3. The van der Waals surface area contributed by atoms with E-state index in [1.807, 2.05) is 26.8 Å². The first kappa shape index (κ1) is 81.7. The number of unbranched alkanes of at least 4 members (excludes halogenated alkanes) is 3. The Kier molecular flexibility index (Phi) is 43.2. The van der Waals surface area contributed by atoms with E-state index in [-0.39, 0.29) is 17.7 Å². The molecule has 4 heterocycles. The Morgan fingerprint density at radius 3 is 1.28 bits per heavy atom. The molecule has 3 aromatic rings. The van der Waals surface area contributed by atoms with Crippen LogP contribution in [0.15, 0.2) is 102 Å². The van der Waals surface area contributed by atoms with Gasteiger partial charge in [-0.3, -0.25) is 0 Å². The molecule has 2 amide bonds. The summed E-state index contributed by atoms with van der Waals surface area (Å²) >= 11 is -1.78. The van der Waals surface area contributed by atoms with E-state index in [4.69, 9.17) is 37.4 Å². The number of carboxylic acid groups (broad SMARTS) is 1. The molecule has 3 atom stereocenters. The fourth-order valence-corrected chi connectivity index (χ4v) is 23.6. The fourth-order valence-electron chi connectivity index (χ4n) is 8.53. The Balaban J connectivity index is 0. The van der Waals surface area contributed by atoms with Crippen molar-refractivity contribution in [3.05, 3.63) is 140 Å². The minimum atomic E-state index is -5.19. The van der Waals surface area contributed by atoms with Crippen molar-refractivity contribution in [3.8, 4) is 0 Å². The Morgan fingerprint density at radius 2 is 0.976 bits per heavy atom. The van der Waals surface area contributed by atoms with Crippen LogP contribution in [0.25, 0.3) is 0 Å². The molecule has 4 rings (SSSR count). The fraction of sp³-hybridized carbons (Fsp3) is 0.631. The third kappa shape index (κ3) is 41.3. The van der Waals surface area contributed by atoms with E-state index in [9.17, 15) is 37.1 Å². The molecule has 20 heteroatoms. The third-order valence-corrected chi connectivity index (χ3v) is 27.9. The maximum absolute atomic E-state index is 11.9. The van der Waals surface area contributed by atoms with Gasteiger partial charge in [-0.1, -0.05) is 52.2 Å². The molecule has 1 saturated heterocycles. The number of aryl methyl sites for hydroxylation is 1. The number of carbonyl (C=O) groups excluding carboxylic acids is 3. The van der Waals surface area contributed by atoms with Crippen LogP contribution < -0.4 is 38.4 Å². The minimum Gasteiger partial charge on any atom is -0.542 e. The van der Waals surface area contributed by atoms with Gasteiger partial charge in [0, 0.05) is 37.8 Å². The van der Waals surface area contributed by atoms with Gasteiger partial charge < -0.3 is 53.7 Å². The second kappa shape index (κ2) is 45.0. The maximum Gasteiger partial charge on any atom is 0.430 e. The molecule has 484 valence electrons. The molecule has 0 bridgehead atoms. The topological polar surface area (TPSA) is 244 Å². The van der Waals surface area contributed by atoms with Crippen molar-refractivity contribution >= 4 is 36.5 Å². The quantitative estimate of drug-likeness (QED) is 0.0501. The van der Waals surface area contributed by atoms with Crippen LogP contribution in [0.1, 0.15) is 225 Å². The van der Waals surface area contributed by atoms with Crippen molar-refractivity contribution in [1.82, 2.24) is 10.6 Å². The molecule has 85 heavy (non-hydrogen) atoms. The van der Waals surface area contributed by atoms with Crippen molar-refractivity contribution in [3.63, 3.8) is 0 Å². The number of hydrogen-bond acceptors (Lipinski definition) is 13. The first-order valence-corrected chi connectivity index (χ1v) is 38.3. The van der Waals surface area contributed by atoms with E-state index in [1.54, 1.807) is 79.1 Å². The number of carboxylic acids is 1. The number of nitrogens with one attached hydrogen (secondary N) is 2. The van der Waals surface area contributed by atoms with Crippen LogP contribution in [0.4, 0.5) is 22.8 Å². The minimum absolute atomic E-state index is 0.0625. The Morgan fingerprint density at radius 1 is 0.612 bits per heavy atom. The molecular formula is C65H106F3N3O13Sn. The zero-order chi connectivity index (χ0) is 65.2. The molecule has 0 saturated carbocycles. The zero-order valence-electron chi connectivity index (χ0n) is 53.8. The van der Waals surface area contributed by atoms with E-state index < -0.39 is 71.2 Å². The van der Waals surface area contributed by atoms with E-state index in [0.29, 0.717) is 43.0 Å². The van der Waals surface area contributed by atoms with Gasteiger partial charge in [-0.05, 0) is 122 Å². The van der Waals surface area contributed by atoms with Crippen molar-refractivity contribution in [2.75, 3.05) is 13.2 Å². The van der Waals surface area contributed by atoms with E-state index in [0.717, 1.165) is 55.6 Å². The third-order valence-electron chi connectivity index (χ3n) is 12.5. The Labute approximate surface area is 509 Å². The van der Waals surface area contributed by atoms with E-state index in [1.165, 1.54) is 74.0 Å². The number of quaternary nitrogens is 1. The van der Waals surface area contributed by atoms with Crippen molar-refractivity contribution in [2.45, 2.75) is 246 Å². The average Bonchev–Trinajstić information content (AvgIpc) is 4.01. The van der Waals surface area contributed by atoms with Crippen LogP contribution in [0.3, 0.4) is 0 Å². The van der Waals surface area contributed by atoms with Crippen molar-refractivity contribution < 1.29 is 65.9 Å². The summed E-state index contributed by atoms with van der Waals surface area (Å²) in [4.78, 5) is 66.9. The number of hydrogen-bond donors (Lipinski definition) is 3. The molecule has 1 aliphatic heterocycles. The monoisotopic (exact) mass is 1310 g/mol. The van der Waals surface area contributed by atoms with Crippen molar-refractivity contribution in [2.24, 2.45) is 0 Å². The predicted molar refractivity (Wildman–Crippen MR) is 333 cm³/mol. The van der Waals surface area contributed by atoms with Gasteiger partial charge in [-0.2, -0.15) is 13.2 Å². The standard InChI is InChI=1S/C17H25NO4.C15H23NO4.C12H17NO2.C4H8O.3C4H9.C3H5.C2HF3O2.Sn/c1-6-8-12-10-14(21-15(19)11-12)13(9-7-2)18-16(20)22-17(3,4)5;1-6-7-11(16-14(18)20-15(3,4)5)12-8-10(2)9-13(17)19-12;1-3-5-9-7-11(10(13)6-4-2)15-12(14)8-9;1-2-4-5-3-1;3*1-3-4-2;1-3-2;3-2(4,5)1(6)7;/h6,10-11,13H,1,7-9H2,2-5H3,(H,18,20);8-9,11H,6-7H2,1-5H3,(H,16,18);3,7-8,10H,1,4-6,13H2,2H3;1-4H2;3*1,3-4H2,2H3;3H,1-2H2;(H,6,7);/t13-;11-;10-;;;;;;;/m111......./s1. The molecule has 0 spiro atoms. The van der Waals surface area contributed by atoms with Crippen LogP contribution in [-0.4, -0.2) is 67.1 Å². The zero-order valence-corrected chi connectivity index (χ0v) is 56.6. The van der Waals surface area contributed by atoms with Gasteiger partial charge in [0.15, 0.2) is 5.76 Å². The molecule has 0 aliphatic carbocycles. The number of carbonyl (C=O) groups is 3. The number of rotatable bonds is 26. The molecule has 0 aromatic carbocycles. The van der Waals surface area contributed by atoms with Gasteiger partial charge in [0.05, 0.1) is 12.1 Å². The number of aliphatic carboxylic acids is 1. The summed E-state index contributed by atoms with van der Waals surface area (Å²) in [5.41, 5.74) is 4.27. The van der Waals surface area contributed by atoms with Crippen LogP contribution in [0, 0.1) is 6.92 Å². The van der Waals surface area contributed by atoms with Crippen LogP contribution in [0.5, 0.6) is 0 Å². The number of halogens is 3. The Bertz CT molecular complexity index is 2510. The van der Waals surface area contributed by atoms with E-state index in [2.05, 4.69) is 69.9 Å². The molecule has 3 aromatic heterocycles. The molecular weight excluding hydrogens is 1210 g/mol. The number of ether oxygens (including phenoxy) is 3. The first-order chi connectivity index (χ1) is 39.8. The predicted octanol–water partition coefficient (Wildman–Crippen LogP) is 14.6. The van der Waals surface area contributed by atoms with Gasteiger partial charge in [-0.15, -0.1) is 13.2 Å². The summed E-state index contributed by atoms with van der Waals surface area (Å²) in [5.74, 6) is -1.42. The number of amides is 2. The summed E-state index contributed by atoms with van der Waals surface area (Å²) in [6, 6.07) is 9.11. The average molecular weight is 1310 g/mol. The SMILES string of the molecule is C1CCOC1.C=CCc1cc([C@@H](CCC)NC(=O)OC(C)(C)C)oc(=O)c1.C=CCc1cc([C@H]([NH3+])CCC)oc(=O)c1.C=C[CH2][Sn]([CH2]CCC)([CH2]CCC)[CH2]CCC.CCC[C@@H](NC(=O)OC(C)(C)C)c1cc(C)cc(=O)o1.O=C([O-])C(F)(F)F. The van der Waals surface area contributed by atoms with Gasteiger partial charge in [-0.25, -0.2) is 24.0 Å². The molecule has 16 nitrogen and oxygen atoms in total. The summed E-state index contributed by atoms with van der Waals surface area (Å²) < 4.78 is 68.8. The Hall–Kier alpha value is -5.41. The summed E-state index contributed by atoms with van der Waals surface area (Å²) in [6.07, 6.45) is 16.9. The summed E-state index contributed by atoms with van der Waals surface area (Å²) in [7, 11) is 0. The van der Waals surface area contributed by atoms with Crippen molar-refractivity contribution in [1.29, 1.82) is 0 Å². The van der Waals surface area contributed by atoms with Gasteiger partial charge in [0.1, 0.15) is 34.7 Å². The summed E-state index contributed by atoms with van der Waals surface area (Å²) in [6.45, 7) is 39.0. The molecule has 0 radical (unpaired) electrons. The molecule has 5 N–H and O–H groups in total. The second-order valence-electron chi connectivity index (χ2n) is 23.1. The molecule has 0 unspecified atom stereocenters. The van der Waals surface area contributed by atoms with Gasteiger partial charge in [0.25, 0.3) is 0 Å².